The SMILES string of the molecule is Cc1cccnc1CCNC(=O)c1cc(C(F)(F)F)n(C)n1. The Balaban J connectivity index is 1.97. The first-order chi connectivity index (χ1) is 10.3. The monoisotopic (exact) mass is 312 g/mol. The largest absolute Gasteiger partial charge is 0.433 e. The molecule has 2 rings (SSSR count). The topological polar surface area (TPSA) is 59.8 Å². The molecule has 0 unspecified atom stereocenters. The number of pyridine rings is 1. The van der Waals surface area contributed by atoms with Crippen molar-refractivity contribution in [3.05, 3.63) is 47.0 Å². The molecule has 0 aliphatic rings. The van der Waals surface area contributed by atoms with Crippen LogP contribution in [0.1, 0.15) is 27.4 Å². The van der Waals surface area contributed by atoms with Gasteiger partial charge in [0.25, 0.3) is 5.91 Å². The molecule has 2 aromatic rings. The fraction of sp³-hybridized carbons (Fsp3) is 0.357. The van der Waals surface area contributed by atoms with Crippen LogP contribution in [0, 0.1) is 6.92 Å². The molecular formula is C14H15F3N4O. The number of carbonyl (C=O) groups is 1. The molecule has 0 bridgehead atoms. The van der Waals surface area contributed by atoms with Crippen molar-refractivity contribution < 1.29 is 18.0 Å². The summed E-state index contributed by atoms with van der Waals surface area (Å²) in [5, 5.41) is 6.13. The molecule has 0 aliphatic carbocycles. The van der Waals surface area contributed by atoms with Gasteiger partial charge in [-0.3, -0.25) is 14.5 Å². The molecule has 118 valence electrons. The maximum Gasteiger partial charge on any atom is 0.433 e. The number of rotatable bonds is 4. The Labute approximate surface area is 125 Å². The molecule has 0 aliphatic heterocycles. The standard InChI is InChI=1S/C14H15F3N4O/c1-9-4-3-6-18-10(9)5-7-19-13(22)11-8-12(14(15,16)17)21(2)20-11/h3-4,6,8H,5,7H2,1-2H3,(H,19,22). The molecule has 2 heterocycles. The molecule has 1 amide bonds. The van der Waals surface area contributed by atoms with Crippen molar-refractivity contribution in [3.63, 3.8) is 0 Å². The molecule has 0 radical (unpaired) electrons. The Morgan fingerprint density at radius 1 is 1.41 bits per heavy atom. The Morgan fingerprint density at radius 3 is 2.73 bits per heavy atom. The zero-order chi connectivity index (χ0) is 16.3. The number of amides is 1. The number of alkyl halides is 3. The number of nitrogens with zero attached hydrogens (tertiary/aromatic N) is 3. The van der Waals surface area contributed by atoms with Crippen molar-refractivity contribution >= 4 is 5.91 Å². The first-order valence-corrected chi connectivity index (χ1v) is 6.59. The average Bonchev–Trinajstić information content (AvgIpc) is 2.83. The highest BCUT2D eigenvalue weighted by Crippen LogP contribution is 2.29. The lowest BCUT2D eigenvalue weighted by atomic mass is 10.1. The summed E-state index contributed by atoms with van der Waals surface area (Å²) >= 11 is 0. The van der Waals surface area contributed by atoms with Gasteiger partial charge in [-0.05, 0) is 18.6 Å². The second-order valence-electron chi connectivity index (χ2n) is 4.81. The van der Waals surface area contributed by atoms with Crippen LogP contribution in [0.4, 0.5) is 13.2 Å². The predicted molar refractivity (Wildman–Crippen MR) is 73.2 cm³/mol. The van der Waals surface area contributed by atoms with E-state index in [0.29, 0.717) is 11.1 Å². The van der Waals surface area contributed by atoms with Gasteiger partial charge < -0.3 is 5.32 Å². The van der Waals surface area contributed by atoms with Crippen molar-refractivity contribution in [2.24, 2.45) is 7.05 Å². The normalized spacial score (nSPS) is 11.5. The molecule has 0 spiro atoms. The minimum atomic E-state index is -4.54. The van der Waals surface area contributed by atoms with Gasteiger partial charge in [0.05, 0.1) is 0 Å². The molecule has 0 fully saturated rings. The van der Waals surface area contributed by atoms with Gasteiger partial charge in [-0.15, -0.1) is 0 Å². The van der Waals surface area contributed by atoms with Crippen molar-refractivity contribution in [3.8, 4) is 0 Å². The number of hydrogen-bond acceptors (Lipinski definition) is 3. The quantitative estimate of drug-likeness (QED) is 0.940. The fourth-order valence-electron chi connectivity index (χ4n) is 2.01. The third-order valence-corrected chi connectivity index (χ3v) is 3.17. The Bertz CT molecular complexity index is 679. The number of aromatic nitrogens is 3. The van der Waals surface area contributed by atoms with Crippen LogP contribution < -0.4 is 5.32 Å². The lowest BCUT2D eigenvalue weighted by Gasteiger charge is -2.05. The average molecular weight is 312 g/mol. The maximum atomic E-state index is 12.6. The highest BCUT2D eigenvalue weighted by molar-refractivity contribution is 5.92. The van der Waals surface area contributed by atoms with Gasteiger partial charge in [-0.1, -0.05) is 6.07 Å². The predicted octanol–water partition coefficient (Wildman–Crippen LogP) is 2.11. The maximum absolute atomic E-state index is 12.6. The highest BCUT2D eigenvalue weighted by Gasteiger charge is 2.35. The summed E-state index contributed by atoms with van der Waals surface area (Å²) in [4.78, 5) is 16.0. The summed E-state index contributed by atoms with van der Waals surface area (Å²) in [6, 6.07) is 4.45. The van der Waals surface area contributed by atoms with Crippen LogP contribution in [0.15, 0.2) is 24.4 Å². The van der Waals surface area contributed by atoms with E-state index in [4.69, 9.17) is 0 Å². The highest BCUT2D eigenvalue weighted by atomic mass is 19.4. The third kappa shape index (κ3) is 3.63. The van der Waals surface area contributed by atoms with Crippen LogP contribution >= 0.6 is 0 Å². The molecule has 8 heteroatoms. The van der Waals surface area contributed by atoms with Crippen LogP contribution in [0.3, 0.4) is 0 Å². The summed E-state index contributed by atoms with van der Waals surface area (Å²) < 4.78 is 38.6. The van der Waals surface area contributed by atoms with Crippen LogP contribution in [0.25, 0.3) is 0 Å². The van der Waals surface area contributed by atoms with Gasteiger partial charge in [0, 0.05) is 38.0 Å². The second-order valence-corrected chi connectivity index (χ2v) is 4.81. The summed E-state index contributed by atoms with van der Waals surface area (Å²) in [6.07, 6.45) is -2.39. The molecule has 22 heavy (non-hydrogen) atoms. The van der Waals surface area contributed by atoms with E-state index in [2.05, 4.69) is 15.4 Å². The van der Waals surface area contributed by atoms with Gasteiger partial charge in [0.2, 0.25) is 0 Å². The van der Waals surface area contributed by atoms with E-state index >= 15 is 0 Å². The van der Waals surface area contributed by atoms with Crippen molar-refractivity contribution in [1.82, 2.24) is 20.1 Å². The van der Waals surface area contributed by atoms with E-state index in [1.807, 2.05) is 19.1 Å². The summed E-state index contributed by atoms with van der Waals surface area (Å²) in [5.41, 5.74) is 0.611. The van der Waals surface area contributed by atoms with Crippen LogP contribution in [-0.2, 0) is 19.6 Å². The summed E-state index contributed by atoms with van der Waals surface area (Å²) in [6.45, 7) is 2.17. The van der Waals surface area contributed by atoms with Gasteiger partial charge in [0.15, 0.2) is 5.69 Å². The molecule has 1 N–H and O–H groups in total. The van der Waals surface area contributed by atoms with E-state index in [-0.39, 0.29) is 12.2 Å². The van der Waals surface area contributed by atoms with Crippen LogP contribution in [-0.4, -0.2) is 27.2 Å². The molecule has 5 nitrogen and oxygen atoms in total. The molecule has 0 saturated carbocycles. The van der Waals surface area contributed by atoms with Gasteiger partial charge >= 0.3 is 6.18 Å². The van der Waals surface area contributed by atoms with Crippen molar-refractivity contribution in [2.45, 2.75) is 19.5 Å². The Kier molecular flexibility index (Phi) is 4.48. The molecule has 0 saturated heterocycles. The summed E-state index contributed by atoms with van der Waals surface area (Å²) in [7, 11) is 1.15. The van der Waals surface area contributed by atoms with Gasteiger partial charge in [-0.2, -0.15) is 18.3 Å². The number of hydrogen-bond donors (Lipinski definition) is 1. The van der Waals surface area contributed by atoms with Crippen molar-refractivity contribution in [2.75, 3.05) is 6.54 Å². The first kappa shape index (κ1) is 16.0. The van der Waals surface area contributed by atoms with E-state index in [1.54, 1.807) is 6.20 Å². The van der Waals surface area contributed by atoms with Gasteiger partial charge in [-0.25, -0.2) is 0 Å². The van der Waals surface area contributed by atoms with E-state index < -0.39 is 17.8 Å². The minimum Gasteiger partial charge on any atom is -0.350 e. The summed E-state index contributed by atoms with van der Waals surface area (Å²) in [5.74, 6) is -0.639. The van der Waals surface area contributed by atoms with E-state index in [9.17, 15) is 18.0 Å². The zero-order valence-electron chi connectivity index (χ0n) is 12.1. The number of nitrogens with one attached hydrogen (secondary N) is 1. The Morgan fingerprint density at radius 2 is 2.14 bits per heavy atom. The van der Waals surface area contributed by atoms with Crippen LogP contribution in [0.5, 0.6) is 0 Å². The number of carbonyl (C=O) groups excluding carboxylic acids is 1. The third-order valence-electron chi connectivity index (χ3n) is 3.17. The molecule has 0 aromatic carbocycles. The first-order valence-electron chi connectivity index (χ1n) is 6.59. The lowest BCUT2D eigenvalue weighted by Crippen LogP contribution is -2.26. The minimum absolute atomic E-state index is 0.257. The van der Waals surface area contributed by atoms with E-state index in [0.717, 1.165) is 24.4 Å². The Hall–Kier alpha value is -2.38. The molecule has 0 atom stereocenters. The van der Waals surface area contributed by atoms with Gasteiger partial charge in [0.1, 0.15) is 5.69 Å². The van der Waals surface area contributed by atoms with Crippen LogP contribution in [0.2, 0.25) is 0 Å². The van der Waals surface area contributed by atoms with Crippen molar-refractivity contribution in [1.29, 1.82) is 0 Å². The second kappa shape index (κ2) is 6.17. The molecule has 2 aromatic heterocycles. The fourth-order valence-corrected chi connectivity index (χ4v) is 2.01. The number of aryl methyl sites for hydroxylation is 2. The van der Waals surface area contributed by atoms with E-state index in [1.165, 1.54) is 0 Å². The number of halogens is 3. The molecular weight excluding hydrogens is 297 g/mol. The lowest BCUT2D eigenvalue weighted by molar-refractivity contribution is -0.143. The zero-order valence-corrected chi connectivity index (χ0v) is 12.1. The smallest absolute Gasteiger partial charge is 0.350 e.